The van der Waals surface area contributed by atoms with Gasteiger partial charge in [0.05, 0.1) is 16.5 Å². The first kappa shape index (κ1) is 13.7. The van der Waals surface area contributed by atoms with E-state index in [2.05, 4.69) is 25.3 Å². The summed E-state index contributed by atoms with van der Waals surface area (Å²) in [5.41, 5.74) is 1.69. The first-order valence-electron chi connectivity index (χ1n) is 6.74. The van der Waals surface area contributed by atoms with E-state index in [4.69, 9.17) is 0 Å². The highest BCUT2D eigenvalue weighted by Gasteiger charge is 2.16. The molecule has 0 radical (unpaired) electrons. The van der Waals surface area contributed by atoms with E-state index in [-0.39, 0.29) is 0 Å². The summed E-state index contributed by atoms with van der Waals surface area (Å²) >= 11 is 0. The van der Waals surface area contributed by atoms with Gasteiger partial charge in [-0.05, 0) is 0 Å². The number of nitrogens with zero attached hydrogens (tertiary/aromatic N) is 7. The molecule has 0 amide bonds. The molecular weight excluding hydrogens is 314 g/mol. The number of rotatable bonds is 3. The molecule has 0 N–H and O–H groups in total. The van der Waals surface area contributed by atoms with E-state index in [0.717, 1.165) is 11.3 Å². The lowest BCUT2D eigenvalue weighted by Crippen LogP contribution is -2.09. The SMILES string of the molecule is C[S@@](=O)c1nncn1-c1cc(-c2ccccc2)nc2ncnn12. The summed E-state index contributed by atoms with van der Waals surface area (Å²) in [7, 11) is -1.28. The van der Waals surface area contributed by atoms with E-state index < -0.39 is 10.8 Å². The molecule has 0 aliphatic carbocycles. The van der Waals surface area contributed by atoms with Crippen molar-refractivity contribution in [3.05, 3.63) is 49.1 Å². The Bertz CT molecular complexity index is 1010. The Labute approximate surface area is 133 Å². The second-order valence-corrected chi connectivity index (χ2v) is 6.05. The average molecular weight is 325 g/mol. The first-order valence-corrected chi connectivity index (χ1v) is 8.30. The molecule has 0 saturated heterocycles. The van der Waals surface area contributed by atoms with Crippen molar-refractivity contribution in [2.45, 2.75) is 5.16 Å². The van der Waals surface area contributed by atoms with E-state index in [1.54, 1.807) is 15.3 Å². The van der Waals surface area contributed by atoms with Gasteiger partial charge in [-0.1, -0.05) is 30.3 Å². The fraction of sp³-hybridized carbons (Fsp3) is 0.0714. The highest BCUT2D eigenvalue weighted by molar-refractivity contribution is 7.84. The van der Waals surface area contributed by atoms with Crippen molar-refractivity contribution in [1.29, 1.82) is 0 Å². The molecule has 0 aliphatic heterocycles. The highest BCUT2D eigenvalue weighted by atomic mass is 32.2. The van der Waals surface area contributed by atoms with Crippen LogP contribution in [0.5, 0.6) is 0 Å². The largest absolute Gasteiger partial charge is 0.258 e. The zero-order valence-corrected chi connectivity index (χ0v) is 12.9. The molecule has 0 aliphatic rings. The van der Waals surface area contributed by atoms with E-state index >= 15 is 0 Å². The minimum absolute atomic E-state index is 0.340. The third kappa shape index (κ3) is 2.30. The predicted octanol–water partition coefficient (Wildman–Crippen LogP) is 1.11. The molecule has 0 fully saturated rings. The van der Waals surface area contributed by atoms with Gasteiger partial charge in [-0.25, -0.2) is 4.98 Å². The Morgan fingerprint density at radius 1 is 1.17 bits per heavy atom. The third-order valence-electron chi connectivity index (χ3n) is 3.32. The Balaban J connectivity index is 2.00. The van der Waals surface area contributed by atoms with Gasteiger partial charge in [0, 0.05) is 17.9 Å². The molecule has 4 rings (SSSR count). The summed E-state index contributed by atoms with van der Waals surface area (Å²) < 4.78 is 15.0. The molecule has 114 valence electrons. The lowest BCUT2D eigenvalue weighted by molar-refractivity contribution is 0.673. The van der Waals surface area contributed by atoms with E-state index in [1.807, 2.05) is 36.4 Å². The zero-order valence-electron chi connectivity index (χ0n) is 12.1. The van der Waals surface area contributed by atoms with Gasteiger partial charge in [0.15, 0.2) is 0 Å². The van der Waals surface area contributed by atoms with Gasteiger partial charge in [-0.3, -0.25) is 8.78 Å². The van der Waals surface area contributed by atoms with Gasteiger partial charge in [-0.15, -0.1) is 10.2 Å². The van der Waals surface area contributed by atoms with E-state index in [0.29, 0.717) is 16.8 Å². The van der Waals surface area contributed by atoms with Crippen LogP contribution in [-0.4, -0.2) is 44.8 Å². The fourth-order valence-electron chi connectivity index (χ4n) is 2.30. The molecule has 23 heavy (non-hydrogen) atoms. The van der Waals surface area contributed by atoms with Crippen molar-refractivity contribution in [2.75, 3.05) is 6.26 Å². The minimum atomic E-state index is -1.28. The maximum absolute atomic E-state index is 11.9. The second kappa shape index (κ2) is 5.36. The van der Waals surface area contributed by atoms with Crippen LogP contribution in [0.1, 0.15) is 0 Å². The molecule has 8 nitrogen and oxygen atoms in total. The molecule has 1 atom stereocenters. The van der Waals surface area contributed by atoms with Crippen molar-refractivity contribution in [3.8, 4) is 17.1 Å². The van der Waals surface area contributed by atoms with Crippen molar-refractivity contribution < 1.29 is 4.21 Å². The standard InChI is InChI=1S/C14H11N7OS/c1-23(22)14-19-16-9-20(14)12-7-11(10-5-3-2-4-6-10)18-13-15-8-17-21(12)13/h2-9H,1H3/t23-/m1/s1. The van der Waals surface area contributed by atoms with Crippen LogP contribution in [-0.2, 0) is 10.8 Å². The zero-order chi connectivity index (χ0) is 15.8. The Morgan fingerprint density at radius 3 is 2.78 bits per heavy atom. The maximum atomic E-state index is 11.9. The Kier molecular flexibility index (Phi) is 3.19. The molecule has 4 aromatic rings. The first-order chi connectivity index (χ1) is 11.2. The van der Waals surface area contributed by atoms with Crippen LogP contribution in [0.25, 0.3) is 22.9 Å². The van der Waals surface area contributed by atoms with Gasteiger partial charge in [0.2, 0.25) is 5.16 Å². The van der Waals surface area contributed by atoms with Gasteiger partial charge < -0.3 is 0 Å². The number of benzene rings is 1. The lowest BCUT2D eigenvalue weighted by Gasteiger charge is -2.09. The molecule has 0 bridgehead atoms. The number of fused-ring (bicyclic) bond motifs is 1. The molecule has 1 aromatic carbocycles. The lowest BCUT2D eigenvalue weighted by atomic mass is 10.1. The molecule has 9 heteroatoms. The Hall–Kier alpha value is -2.94. The van der Waals surface area contributed by atoms with Gasteiger partial charge >= 0.3 is 0 Å². The van der Waals surface area contributed by atoms with Crippen LogP contribution < -0.4 is 0 Å². The monoisotopic (exact) mass is 325 g/mol. The maximum Gasteiger partial charge on any atom is 0.254 e. The van der Waals surface area contributed by atoms with E-state index in [9.17, 15) is 4.21 Å². The second-order valence-electron chi connectivity index (χ2n) is 4.78. The predicted molar refractivity (Wildman–Crippen MR) is 83.5 cm³/mol. The molecular formula is C14H11N7OS. The van der Waals surface area contributed by atoms with Gasteiger partial charge in [0.25, 0.3) is 5.78 Å². The van der Waals surface area contributed by atoms with Crippen LogP contribution in [0.2, 0.25) is 0 Å². The van der Waals surface area contributed by atoms with Crippen LogP contribution >= 0.6 is 0 Å². The average Bonchev–Trinajstić information content (AvgIpc) is 3.23. The summed E-state index contributed by atoms with van der Waals surface area (Å²) in [6.07, 6.45) is 4.48. The van der Waals surface area contributed by atoms with Gasteiger partial charge in [-0.2, -0.15) is 14.6 Å². The number of hydrogen-bond donors (Lipinski definition) is 0. The summed E-state index contributed by atoms with van der Waals surface area (Å²) in [6, 6.07) is 11.6. The molecule has 0 spiro atoms. The minimum Gasteiger partial charge on any atom is -0.258 e. The summed E-state index contributed by atoms with van der Waals surface area (Å²) in [6.45, 7) is 0. The van der Waals surface area contributed by atoms with Crippen molar-refractivity contribution in [3.63, 3.8) is 0 Å². The van der Waals surface area contributed by atoms with Crippen molar-refractivity contribution in [2.24, 2.45) is 0 Å². The van der Waals surface area contributed by atoms with Crippen LogP contribution in [0, 0.1) is 0 Å². The van der Waals surface area contributed by atoms with Crippen LogP contribution in [0.4, 0.5) is 0 Å². The van der Waals surface area contributed by atoms with Gasteiger partial charge in [0.1, 0.15) is 18.5 Å². The molecule has 3 aromatic heterocycles. The summed E-state index contributed by atoms with van der Waals surface area (Å²) in [5, 5.41) is 12.3. The quantitative estimate of drug-likeness (QED) is 0.560. The summed E-state index contributed by atoms with van der Waals surface area (Å²) in [5.74, 6) is 1.07. The van der Waals surface area contributed by atoms with Crippen molar-refractivity contribution in [1.82, 2.24) is 34.3 Å². The normalized spacial score (nSPS) is 12.6. The smallest absolute Gasteiger partial charge is 0.254 e. The summed E-state index contributed by atoms with van der Waals surface area (Å²) in [4.78, 5) is 8.67. The fourth-order valence-corrected chi connectivity index (χ4v) is 2.88. The van der Waals surface area contributed by atoms with Crippen LogP contribution in [0.15, 0.2) is 54.2 Å². The molecule has 3 heterocycles. The Morgan fingerprint density at radius 2 is 2.00 bits per heavy atom. The topological polar surface area (TPSA) is 90.9 Å². The highest BCUT2D eigenvalue weighted by Crippen LogP contribution is 2.21. The number of hydrogen-bond acceptors (Lipinski definition) is 6. The third-order valence-corrected chi connectivity index (χ3v) is 4.12. The van der Waals surface area contributed by atoms with Crippen molar-refractivity contribution >= 4 is 16.6 Å². The molecule has 0 unspecified atom stereocenters. The van der Waals surface area contributed by atoms with E-state index in [1.165, 1.54) is 12.7 Å². The number of aromatic nitrogens is 7. The molecule has 0 saturated carbocycles. The van der Waals surface area contributed by atoms with Crippen LogP contribution in [0.3, 0.4) is 0 Å².